The molecule has 0 radical (unpaired) electrons. The van der Waals surface area contributed by atoms with Crippen LogP contribution >= 0.6 is 0 Å². The van der Waals surface area contributed by atoms with Gasteiger partial charge in [0, 0.05) is 37.1 Å². The number of pyridine rings is 1. The van der Waals surface area contributed by atoms with E-state index in [0.717, 1.165) is 25.8 Å². The lowest BCUT2D eigenvalue weighted by Gasteiger charge is -2.31. The molecular formula is C34H30F3N5O3. The molecule has 8 nitrogen and oxygen atoms in total. The van der Waals surface area contributed by atoms with E-state index < -0.39 is 23.3 Å². The Bertz CT molecular complexity index is 1950. The maximum Gasteiger partial charge on any atom is 0.319 e. The number of halogens is 3. The Balaban J connectivity index is 1.34. The van der Waals surface area contributed by atoms with E-state index in [0.29, 0.717) is 55.0 Å². The van der Waals surface area contributed by atoms with Crippen LogP contribution in [0.3, 0.4) is 0 Å². The van der Waals surface area contributed by atoms with Crippen molar-refractivity contribution in [3.05, 3.63) is 53.2 Å². The molecule has 3 saturated heterocycles. The predicted molar refractivity (Wildman–Crippen MR) is 164 cm³/mol. The number of hydrogen-bond acceptors (Lipinski definition) is 8. The standard InChI is InChI=1S/C34H30F3N5O3/c1-2-23-25(36)7-5-19-13-22(43)14-24(27(19)23)30-29(37)31-28-26(38-30)8-6-21-17-44-12-4-11-42(21)32(28)40-33(39-31)45-18-34-9-3-10-41(34)16-20(35)15-34/h1,5-8,13-14,20-21,43H,3-4,9-12,15-18H2/t20-,21+,34?/m1/s1. The highest BCUT2D eigenvalue weighted by atomic mass is 19.1. The molecule has 0 spiro atoms. The topological polar surface area (TPSA) is 83.8 Å². The molecule has 0 saturated carbocycles. The zero-order valence-corrected chi connectivity index (χ0v) is 24.4. The van der Waals surface area contributed by atoms with Gasteiger partial charge < -0.3 is 19.5 Å². The lowest BCUT2D eigenvalue weighted by atomic mass is 9.95. The lowest BCUT2D eigenvalue weighted by molar-refractivity contribution is 0.107. The normalized spacial score (nSPS) is 24.4. The Morgan fingerprint density at radius 1 is 1.13 bits per heavy atom. The number of ether oxygens (including phenoxy) is 2. The second kappa shape index (κ2) is 10.6. The highest BCUT2D eigenvalue weighted by molar-refractivity contribution is 6.04. The minimum atomic E-state index is -0.927. The van der Waals surface area contributed by atoms with E-state index in [1.165, 1.54) is 24.3 Å². The highest BCUT2D eigenvalue weighted by Crippen LogP contribution is 2.43. The van der Waals surface area contributed by atoms with Gasteiger partial charge in [-0.15, -0.1) is 6.42 Å². The van der Waals surface area contributed by atoms with Crippen molar-refractivity contribution in [1.82, 2.24) is 19.9 Å². The van der Waals surface area contributed by atoms with Crippen molar-refractivity contribution in [2.24, 2.45) is 0 Å². The first-order valence-corrected chi connectivity index (χ1v) is 15.2. The number of alkyl halides is 1. The number of terminal acetylenes is 1. The van der Waals surface area contributed by atoms with Crippen LogP contribution < -0.4 is 9.64 Å². The monoisotopic (exact) mass is 613 g/mol. The van der Waals surface area contributed by atoms with Crippen LogP contribution in [0, 0.1) is 24.0 Å². The van der Waals surface area contributed by atoms with Gasteiger partial charge in [0.1, 0.15) is 41.4 Å². The number of hydrogen-bond donors (Lipinski definition) is 1. The molecule has 1 N–H and O–H groups in total. The first kappa shape index (κ1) is 28.1. The summed E-state index contributed by atoms with van der Waals surface area (Å²) in [6.07, 6.45) is 11.4. The molecule has 0 amide bonds. The van der Waals surface area contributed by atoms with Gasteiger partial charge in [-0.25, -0.2) is 18.2 Å². The van der Waals surface area contributed by atoms with Gasteiger partial charge >= 0.3 is 6.01 Å². The van der Waals surface area contributed by atoms with Crippen LogP contribution in [0.15, 0.2) is 30.3 Å². The molecule has 0 aliphatic carbocycles. The quantitative estimate of drug-likeness (QED) is 0.307. The molecule has 8 rings (SSSR count). The third-order valence-electron chi connectivity index (χ3n) is 9.58. The summed E-state index contributed by atoms with van der Waals surface area (Å²) >= 11 is 0. The molecule has 6 heterocycles. The van der Waals surface area contributed by atoms with Crippen molar-refractivity contribution >= 4 is 33.6 Å². The van der Waals surface area contributed by atoms with Gasteiger partial charge in [-0.1, -0.05) is 18.1 Å². The lowest BCUT2D eigenvalue weighted by Crippen LogP contribution is -2.43. The summed E-state index contributed by atoms with van der Waals surface area (Å²) in [5.74, 6) is 1.26. The Morgan fingerprint density at radius 3 is 2.89 bits per heavy atom. The number of benzene rings is 2. The van der Waals surface area contributed by atoms with Crippen LogP contribution in [0.2, 0.25) is 0 Å². The van der Waals surface area contributed by atoms with Gasteiger partial charge in [-0.05, 0) is 55.5 Å². The molecule has 0 bridgehead atoms. The first-order valence-electron chi connectivity index (χ1n) is 15.2. The number of rotatable bonds is 4. The largest absolute Gasteiger partial charge is 0.508 e. The smallest absolute Gasteiger partial charge is 0.319 e. The molecule has 4 aromatic rings. The Hall–Kier alpha value is -4.40. The summed E-state index contributed by atoms with van der Waals surface area (Å²) < 4.78 is 58.4. The number of aromatic hydroxyl groups is 1. The average molecular weight is 614 g/mol. The highest BCUT2D eigenvalue weighted by Gasteiger charge is 2.49. The molecule has 3 atom stereocenters. The first-order chi connectivity index (χ1) is 21.8. The third kappa shape index (κ3) is 4.50. The molecule has 4 aliphatic rings. The third-order valence-corrected chi connectivity index (χ3v) is 9.58. The number of anilines is 1. The van der Waals surface area contributed by atoms with Gasteiger partial charge in [0.05, 0.1) is 34.8 Å². The number of fused-ring (bicyclic) bond motifs is 4. The molecule has 1 unspecified atom stereocenters. The average Bonchev–Trinajstić information content (AvgIpc) is 3.38. The molecule has 230 valence electrons. The predicted octanol–water partition coefficient (Wildman–Crippen LogP) is 5.39. The van der Waals surface area contributed by atoms with Crippen LogP contribution in [0.25, 0.3) is 39.0 Å². The summed E-state index contributed by atoms with van der Waals surface area (Å²) in [5, 5.41) is 11.7. The minimum Gasteiger partial charge on any atom is -0.508 e. The van der Waals surface area contributed by atoms with Crippen LogP contribution in [-0.2, 0) is 4.74 Å². The Morgan fingerprint density at radius 2 is 2.02 bits per heavy atom. The fourth-order valence-corrected chi connectivity index (χ4v) is 7.55. The van der Waals surface area contributed by atoms with Gasteiger partial charge in [0.25, 0.3) is 0 Å². The molecule has 2 aromatic heterocycles. The van der Waals surface area contributed by atoms with Crippen LogP contribution in [0.5, 0.6) is 11.8 Å². The molecule has 3 fully saturated rings. The zero-order chi connectivity index (χ0) is 30.9. The molecule has 2 aromatic carbocycles. The minimum absolute atomic E-state index is 0.0232. The van der Waals surface area contributed by atoms with Crippen molar-refractivity contribution in [3.8, 4) is 35.4 Å². The van der Waals surface area contributed by atoms with Crippen molar-refractivity contribution in [2.45, 2.75) is 43.4 Å². The number of phenolic OH excluding ortho intramolecular Hbond substituents is 1. The van der Waals surface area contributed by atoms with Gasteiger partial charge in [-0.2, -0.15) is 9.97 Å². The summed E-state index contributed by atoms with van der Waals surface area (Å²) in [6, 6.07) is 5.24. The second-order valence-electron chi connectivity index (χ2n) is 12.3. The summed E-state index contributed by atoms with van der Waals surface area (Å²) in [5.41, 5.74) is -0.155. The molecule has 11 heteroatoms. The van der Waals surface area contributed by atoms with E-state index in [1.807, 2.05) is 6.08 Å². The van der Waals surface area contributed by atoms with E-state index in [9.17, 15) is 13.9 Å². The number of phenols is 1. The maximum absolute atomic E-state index is 16.9. The zero-order valence-electron chi connectivity index (χ0n) is 24.4. The van der Waals surface area contributed by atoms with E-state index >= 15 is 4.39 Å². The molecule has 4 aliphatic heterocycles. The van der Waals surface area contributed by atoms with E-state index in [4.69, 9.17) is 25.9 Å². The Labute approximate surface area is 257 Å². The van der Waals surface area contributed by atoms with Gasteiger partial charge in [0.2, 0.25) is 0 Å². The number of nitrogens with zero attached hydrogens (tertiary/aromatic N) is 5. The van der Waals surface area contributed by atoms with Crippen molar-refractivity contribution < 1.29 is 27.8 Å². The van der Waals surface area contributed by atoms with Crippen LogP contribution in [0.1, 0.15) is 36.9 Å². The summed E-state index contributed by atoms with van der Waals surface area (Å²) in [6.45, 7) is 2.95. The van der Waals surface area contributed by atoms with Crippen LogP contribution in [-0.4, -0.2) is 82.2 Å². The second-order valence-corrected chi connectivity index (χ2v) is 12.3. The van der Waals surface area contributed by atoms with Crippen molar-refractivity contribution in [3.63, 3.8) is 0 Å². The summed E-state index contributed by atoms with van der Waals surface area (Å²) in [7, 11) is 0. The number of aromatic nitrogens is 3. The summed E-state index contributed by atoms with van der Waals surface area (Å²) in [4.78, 5) is 18.3. The van der Waals surface area contributed by atoms with Crippen molar-refractivity contribution in [1.29, 1.82) is 0 Å². The fraction of sp³-hybridized carbons (Fsp3) is 0.382. The fourth-order valence-electron chi connectivity index (χ4n) is 7.55. The van der Waals surface area contributed by atoms with Gasteiger partial charge in [0.15, 0.2) is 5.82 Å². The molecular weight excluding hydrogens is 583 g/mol. The van der Waals surface area contributed by atoms with Crippen LogP contribution in [0.4, 0.5) is 19.0 Å². The van der Waals surface area contributed by atoms with E-state index in [-0.39, 0.29) is 52.1 Å². The van der Waals surface area contributed by atoms with Gasteiger partial charge in [-0.3, -0.25) is 4.90 Å². The SMILES string of the molecule is C#Cc1c(F)ccc2cc(O)cc(-c3nc4c5c(nc(OCC67CCCN6C[C@H](F)C7)nc5c3F)N3CCCOC[C@@H]3C=C4)c12. The Kier molecular flexibility index (Phi) is 6.62. The van der Waals surface area contributed by atoms with E-state index in [1.54, 1.807) is 6.08 Å². The van der Waals surface area contributed by atoms with Crippen molar-refractivity contribution in [2.75, 3.05) is 44.4 Å². The van der Waals surface area contributed by atoms with E-state index in [2.05, 4.69) is 20.7 Å². The maximum atomic E-state index is 16.9. The molecule has 45 heavy (non-hydrogen) atoms.